The van der Waals surface area contributed by atoms with Crippen molar-refractivity contribution in [3.8, 4) is 28.1 Å². The Morgan fingerprint density at radius 2 is 1.85 bits per heavy atom. The molecule has 200 valence electrons. The number of aromatic nitrogens is 3. The molecular weight excluding hydrogens is 488 g/mol. The standard InChI is InChI=1S/C32H34N4O3/c1-4-38-32(37)31-29(30(35-36(31)19-17-33)27-16-18-34-28-7-5-6-26(27)28)24-12-14-25(15-13-24)39-20-22-8-10-23(11-9-22)21(2)3/h5-6,8-16,18,21H,4,7,17,19-20,33H2,1-3H3. The van der Waals surface area contributed by atoms with E-state index < -0.39 is 5.97 Å². The van der Waals surface area contributed by atoms with Gasteiger partial charge in [-0.3, -0.25) is 9.67 Å². The lowest BCUT2D eigenvalue weighted by Crippen LogP contribution is -2.18. The van der Waals surface area contributed by atoms with Crippen molar-refractivity contribution in [2.24, 2.45) is 5.73 Å². The summed E-state index contributed by atoms with van der Waals surface area (Å²) in [7, 11) is 0. The van der Waals surface area contributed by atoms with Crippen LogP contribution in [0.25, 0.3) is 28.5 Å². The van der Waals surface area contributed by atoms with Crippen LogP contribution in [-0.4, -0.2) is 33.9 Å². The number of fused-ring (bicyclic) bond motifs is 1. The molecule has 0 fully saturated rings. The summed E-state index contributed by atoms with van der Waals surface area (Å²) in [5, 5.41) is 4.89. The first-order chi connectivity index (χ1) is 19.0. The zero-order valence-corrected chi connectivity index (χ0v) is 22.7. The SMILES string of the molecule is CCOC(=O)c1c(-c2ccc(OCc3ccc(C(C)C)cc3)cc2)c(-c2ccnc3c2C=CC3)nn1CCN. The molecule has 2 N–H and O–H groups in total. The maximum absolute atomic E-state index is 13.2. The van der Waals surface area contributed by atoms with Crippen molar-refractivity contribution in [2.45, 2.75) is 46.3 Å². The van der Waals surface area contributed by atoms with Crippen LogP contribution in [0.1, 0.15) is 59.6 Å². The first kappa shape index (κ1) is 26.4. The molecule has 2 heterocycles. The van der Waals surface area contributed by atoms with E-state index in [-0.39, 0.29) is 6.61 Å². The number of carbonyl (C=O) groups excluding carboxylic acids is 1. The van der Waals surface area contributed by atoms with E-state index in [4.69, 9.17) is 20.3 Å². The van der Waals surface area contributed by atoms with E-state index in [0.29, 0.717) is 42.6 Å². The van der Waals surface area contributed by atoms with Crippen molar-refractivity contribution < 1.29 is 14.3 Å². The summed E-state index contributed by atoms with van der Waals surface area (Å²) in [5.74, 6) is 0.814. The monoisotopic (exact) mass is 522 g/mol. The highest BCUT2D eigenvalue weighted by molar-refractivity contribution is 6.01. The van der Waals surface area contributed by atoms with Gasteiger partial charge in [-0.15, -0.1) is 0 Å². The van der Waals surface area contributed by atoms with Crippen molar-refractivity contribution in [2.75, 3.05) is 13.2 Å². The van der Waals surface area contributed by atoms with E-state index >= 15 is 0 Å². The molecule has 0 spiro atoms. The number of esters is 1. The molecule has 39 heavy (non-hydrogen) atoms. The predicted molar refractivity (Wildman–Crippen MR) is 154 cm³/mol. The number of ether oxygens (including phenoxy) is 2. The molecule has 0 unspecified atom stereocenters. The number of pyridine rings is 1. The Balaban J connectivity index is 1.51. The van der Waals surface area contributed by atoms with Crippen molar-refractivity contribution in [3.05, 3.63) is 94.9 Å². The summed E-state index contributed by atoms with van der Waals surface area (Å²) >= 11 is 0. The van der Waals surface area contributed by atoms with E-state index in [9.17, 15) is 4.79 Å². The fourth-order valence-corrected chi connectivity index (χ4v) is 4.86. The predicted octanol–water partition coefficient (Wildman–Crippen LogP) is 6.02. The van der Waals surface area contributed by atoms with Crippen LogP contribution in [0.3, 0.4) is 0 Å². The number of nitrogens with zero attached hydrogens (tertiary/aromatic N) is 3. The molecular formula is C32H34N4O3. The van der Waals surface area contributed by atoms with Gasteiger partial charge in [0.1, 0.15) is 18.1 Å². The van der Waals surface area contributed by atoms with Crippen LogP contribution in [0.4, 0.5) is 0 Å². The van der Waals surface area contributed by atoms with E-state index in [0.717, 1.165) is 40.1 Å². The highest BCUT2D eigenvalue weighted by Gasteiger charge is 2.28. The minimum Gasteiger partial charge on any atom is -0.489 e. The maximum atomic E-state index is 13.2. The Morgan fingerprint density at radius 3 is 2.54 bits per heavy atom. The zero-order valence-electron chi connectivity index (χ0n) is 22.7. The summed E-state index contributed by atoms with van der Waals surface area (Å²) in [6.45, 7) is 7.63. The molecule has 5 rings (SSSR count). The van der Waals surface area contributed by atoms with Gasteiger partial charge in [0.05, 0.1) is 18.8 Å². The molecule has 2 aromatic heterocycles. The average Bonchev–Trinajstić information content (AvgIpc) is 3.58. The quantitative estimate of drug-likeness (QED) is 0.256. The van der Waals surface area contributed by atoms with Crippen LogP contribution in [-0.2, 0) is 24.3 Å². The number of nitrogens with two attached hydrogens (primary N) is 1. The van der Waals surface area contributed by atoms with E-state index in [1.54, 1.807) is 17.8 Å². The number of allylic oxidation sites excluding steroid dienone is 1. The van der Waals surface area contributed by atoms with E-state index in [2.05, 4.69) is 55.2 Å². The number of hydrogen-bond donors (Lipinski definition) is 1. The average molecular weight is 523 g/mol. The molecule has 0 bridgehead atoms. The van der Waals surface area contributed by atoms with Crippen molar-refractivity contribution in [3.63, 3.8) is 0 Å². The molecule has 7 nitrogen and oxygen atoms in total. The smallest absolute Gasteiger partial charge is 0.357 e. The highest BCUT2D eigenvalue weighted by Crippen LogP contribution is 2.39. The minimum atomic E-state index is -0.425. The van der Waals surface area contributed by atoms with Crippen molar-refractivity contribution in [1.82, 2.24) is 14.8 Å². The fourth-order valence-electron chi connectivity index (χ4n) is 4.86. The summed E-state index contributed by atoms with van der Waals surface area (Å²) in [5.41, 5.74) is 13.9. The summed E-state index contributed by atoms with van der Waals surface area (Å²) < 4.78 is 13.2. The second-order valence-corrected chi connectivity index (χ2v) is 9.84. The maximum Gasteiger partial charge on any atom is 0.357 e. The molecule has 0 saturated carbocycles. The van der Waals surface area contributed by atoms with Crippen LogP contribution in [0, 0.1) is 0 Å². The van der Waals surface area contributed by atoms with Crippen LogP contribution in [0.2, 0.25) is 0 Å². The number of benzene rings is 2. The van der Waals surface area contributed by atoms with Gasteiger partial charge in [-0.1, -0.05) is 62.4 Å². The van der Waals surface area contributed by atoms with Crippen molar-refractivity contribution in [1.29, 1.82) is 0 Å². The first-order valence-corrected chi connectivity index (χ1v) is 13.4. The summed E-state index contributed by atoms with van der Waals surface area (Å²) in [4.78, 5) is 17.8. The van der Waals surface area contributed by atoms with E-state index in [1.807, 2.05) is 30.3 Å². The second kappa shape index (κ2) is 11.7. The number of rotatable bonds is 10. The Labute approximate surface area is 229 Å². The third-order valence-corrected chi connectivity index (χ3v) is 6.88. The fraction of sp³-hybridized carbons (Fsp3) is 0.281. The third kappa shape index (κ3) is 5.49. The van der Waals surface area contributed by atoms with Gasteiger partial charge >= 0.3 is 5.97 Å². The van der Waals surface area contributed by atoms with Gasteiger partial charge < -0.3 is 15.2 Å². The van der Waals surface area contributed by atoms with Gasteiger partial charge in [0.15, 0.2) is 5.69 Å². The molecule has 0 amide bonds. The molecule has 1 aliphatic carbocycles. The molecule has 4 aromatic rings. The normalized spacial score (nSPS) is 12.1. The molecule has 0 aliphatic heterocycles. The molecule has 2 aromatic carbocycles. The largest absolute Gasteiger partial charge is 0.489 e. The molecule has 0 radical (unpaired) electrons. The molecule has 0 saturated heterocycles. The van der Waals surface area contributed by atoms with Gasteiger partial charge in [-0.05, 0) is 47.7 Å². The molecule has 0 atom stereocenters. The summed E-state index contributed by atoms with van der Waals surface area (Å²) in [6.07, 6.45) is 6.73. The Bertz CT molecular complexity index is 1490. The topological polar surface area (TPSA) is 92.3 Å². The lowest BCUT2D eigenvalue weighted by Gasteiger charge is -2.12. The highest BCUT2D eigenvalue weighted by atomic mass is 16.5. The van der Waals surface area contributed by atoms with Crippen LogP contribution in [0.15, 0.2) is 66.9 Å². The minimum absolute atomic E-state index is 0.264. The van der Waals surface area contributed by atoms with Gasteiger partial charge in [0, 0.05) is 35.9 Å². The van der Waals surface area contributed by atoms with Gasteiger partial charge in [-0.2, -0.15) is 5.10 Å². The van der Waals surface area contributed by atoms with Gasteiger partial charge in [-0.25, -0.2) is 4.79 Å². The lowest BCUT2D eigenvalue weighted by atomic mass is 9.96. The Kier molecular flexibility index (Phi) is 7.89. The first-order valence-electron chi connectivity index (χ1n) is 13.4. The van der Waals surface area contributed by atoms with Gasteiger partial charge in [0.2, 0.25) is 0 Å². The Hall–Kier alpha value is -4.23. The molecule has 7 heteroatoms. The van der Waals surface area contributed by atoms with Crippen molar-refractivity contribution >= 4 is 12.0 Å². The van der Waals surface area contributed by atoms with Crippen LogP contribution < -0.4 is 10.5 Å². The summed E-state index contributed by atoms with van der Waals surface area (Å²) in [6, 6.07) is 18.2. The molecule has 1 aliphatic rings. The van der Waals surface area contributed by atoms with Crippen LogP contribution in [0.5, 0.6) is 5.75 Å². The second-order valence-electron chi connectivity index (χ2n) is 9.84. The van der Waals surface area contributed by atoms with E-state index in [1.165, 1.54) is 5.56 Å². The lowest BCUT2D eigenvalue weighted by molar-refractivity contribution is 0.0513. The van der Waals surface area contributed by atoms with Crippen LogP contribution >= 0.6 is 0 Å². The zero-order chi connectivity index (χ0) is 27.4. The number of hydrogen-bond acceptors (Lipinski definition) is 6. The number of carbonyl (C=O) groups is 1. The third-order valence-electron chi connectivity index (χ3n) is 6.88. The van der Waals surface area contributed by atoms with Gasteiger partial charge in [0.25, 0.3) is 0 Å². The Morgan fingerprint density at radius 1 is 1.08 bits per heavy atom.